The molecule has 0 aromatic rings. The van der Waals surface area contributed by atoms with E-state index in [1.165, 1.54) is 0 Å². The lowest BCUT2D eigenvalue weighted by atomic mass is 10.1. The van der Waals surface area contributed by atoms with Crippen LogP contribution in [0.2, 0.25) is 0 Å². The first kappa shape index (κ1) is 40.8. The standard InChI is InChI=1S/C13H26O3.C8H18O2.C5H9ClO.ClH/c1-4-6-8-12(10-11(3)14)16-13(15)9-7-5-2;1-3-4-5-8(10)6-7(2)9;1-2-3-4-5(6)7;/h11-12,14H,4-10H2,1-3H3;7-10H,3-6H2,1-2H3;2-4H2,1H3;1H/p-1. The van der Waals surface area contributed by atoms with E-state index in [0.29, 0.717) is 25.7 Å². The van der Waals surface area contributed by atoms with Crippen LogP contribution < -0.4 is 12.4 Å². The zero-order valence-corrected chi connectivity index (χ0v) is 24.0. The van der Waals surface area contributed by atoms with Gasteiger partial charge in [0, 0.05) is 19.3 Å². The van der Waals surface area contributed by atoms with E-state index in [0.717, 1.165) is 64.2 Å². The molecule has 0 heterocycles. The molecule has 34 heavy (non-hydrogen) atoms. The number of hydrogen-bond donors (Lipinski definition) is 3. The highest BCUT2D eigenvalue weighted by atomic mass is 35.5. The van der Waals surface area contributed by atoms with E-state index < -0.39 is 6.10 Å². The Hall–Kier alpha value is -0.400. The van der Waals surface area contributed by atoms with Gasteiger partial charge in [-0.05, 0) is 57.6 Å². The van der Waals surface area contributed by atoms with Crippen molar-refractivity contribution in [3.63, 3.8) is 0 Å². The normalized spacial score (nSPS) is 13.6. The van der Waals surface area contributed by atoms with E-state index in [1.54, 1.807) is 13.8 Å². The van der Waals surface area contributed by atoms with Gasteiger partial charge in [-0.15, -0.1) is 0 Å². The summed E-state index contributed by atoms with van der Waals surface area (Å²) in [6.07, 6.45) is 10.7. The highest BCUT2D eigenvalue weighted by Gasteiger charge is 2.15. The maximum Gasteiger partial charge on any atom is 0.306 e. The Balaban J connectivity index is -0.000000215. The quantitative estimate of drug-likeness (QED) is 0.196. The Morgan fingerprint density at radius 2 is 1.18 bits per heavy atom. The number of carbonyl (C=O) groups excluding carboxylic acids is 2. The van der Waals surface area contributed by atoms with Crippen LogP contribution in [0.1, 0.15) is 131 Å². The highest BCUT2D eigenvalue weighted by Crippen LogP contribution is 2.13. The summed E-state index contributed by atoms with van der Waals surface area (Å²) in [6, 6.07) is 0. The Morgan fingerprint density at radius 3 is 1.56 bits per heavy atom. The Morgan fingerprint density at radius 1 is 0.735 bits per heavy atom. The molecule has 0 aromatic heterocycles. The molecule has 4 atom stereocenters. The predicted octanol–water partition coefficient (Wildman–Crippen LogP) is 3.30. The molecule has 208 valence electrons. The Labute approximate surface area is 220 Å². The molecule has 0 amide bonds. The van der Waals surface area contributed by atoms with Crippen LogP contribution in [0.15, 0.2) is 0 Å². The van der Waals surface area contributed by atoms with Gasteiger partial charge in [-0.1, -0.05) is 66.2 Å². The number of aliphatic hydroxyl groups excluding tert-OH is 3. The van der Waals surface area contributed by atoms with Crippen molar-refractivity contribution in [2.24, 2.45) is 0 Å². The number of ether oxygens (including phenoxy) is 1. The molecule has 0 aliphatic heterocycles. The molecule has 0 fully saturated rings. The fourth-order valence-corrected chi connectivity index (χ4v) is 3.00. The van der Waals surface area contributed by atoms with Crippen LogP contribution in [-0.2, 0) is 14.3 Å². The van der Waals surface area contributed by atoms with Crippen LogP contribution in [0.3, 0.4) is 0 Å². The molecule has 0 radical (unpaired) electrons. The lowest BCUT2D eigenvalue weighted by Gasteiger charge is -2.19. The maximum absolute atomic E-state index is 11.5. The Kier molecular flexibility index (Phi) is 36.7. The molecule has 0 spiro atoms. The maximum atomic E-state index is 11.5. The van der Waals surface area contributed by atoms with Gasteiger partial charge in [0.2, 0.25) is 5.24 Å². The number of rotatable bonds is 17. The van der Waals surface area contributed by atoms with E-state index in [1.807, 2.05) is 6.92 Å². The summed E-state index contributed by atoms with van der Waals surface area (Å²) in [4.78, 5) is 21.4. The molecule has 0 bridgehead atoms. The van der Waals surface area contributed by atoms with Gasteiger partial charge in [0.25, 0.3) is 0 Å². The fraction of sp³-hybridized carbons (Fsp3) is 0.923. The van der Waals surface area contributed by atoms with Crippen LogP contribution >= 0.6 is 11.6 Å². The third-order valence-electron chi connectivity index (χ3n) is 4.75. The molecular weight excluding hydrogens is 479 g/mol. The first-order chi connectivity index (χ1) is 15.5. The second kappa shape index (κ2) is 30.6. The molecular formula is C26H53Cl2O6-. The van der Waals surface area contributed by atoms with E-state index in [9.17, 15) is 19.8 Å². The van der Waals surface area contributed by atoms with Crippen LogP contribution in [0.25, 0.3) is 0 Å². The Bertz CT molecular complexity index is 434. The molecule has 4 unspecified atom stereocenters. The largest absolute Gasteiger partial charge is 1.00 e. The van der Waals surface area contributed by atoms with Crippen molar-refractivity contribution in [2.45, 2.75) is 156 Å². The zero-order valence-electron chi connectivity index (χ0n) is 22.5. The first-order valence-corrected chi connectivity index (χ1v) is 13.3. The second-order valence-electron chi connectivity index (χ2n) is 8.78. The number of aliphatic hydroxyl groups is 3. The third-order valence-corrected chi connectivity index (χ3v) is 4.94. The number of hydrogen-bond acceptors (Lipinski definition) is 6. The second-order valence-corrected chi connectivity index (χ2v) is 9.20. The minimum absolute atomic E-state index is 0. The molecule has 0 aliphatic rings. The lowest BCUT2D eigenvalue weighted by Crippen LogP contribution is -3.00. The predicted molar refractivity (Wildman–Crippen MR) is 137 cm³/mol. The SMILES string of the molecule is CCCCC(=O)Cl.CCCCC(=O)OC(CCCC)CC(C)O.CCCCC(O)CC(C)O.[Cl-]. The van der Waals surface area contributed by atoms with Crippen molar-refractivity contribution in [1.29, 1.82) is 0 Å². The average molecular weight is 533 g/mol. The zero-order chi connectivity index (χ0) is 26.1. The molecule has 0 saturated carbocycles. The van der Waals surface area contributed by atoms with E-state index in [4.69, 9.17) is 21.4 Å². The van der Waals surface area contributed by atoms with Crippen molar-refractivity contribution >= 4 is 22.8 Å². The van der Waals surface area contributed by atoms with Crippen molar-refractivity contribution in [1.82, 2.24) is 0 Å². The topological polar surface area (TPSA) is 104 Å². The summed E-state index contributed by atoms with van der Waals surface area (Å²) in [5.41, 5.74) is 0. The lowest BCUT2D eigenvalue weighted by molar-refractivity contribution is -0.150. The van der Waals surface area contributed by atoms with Crippen molar-refractivity contribution in [2.75, 3.05) is 0 Å². The molecule has 0 aliphatic carbocycles. The minimum atomic E-state index is -0.402. The average Bonchev–Trinajstić information content (AvgIpc) is 2.73. The highest BCUT2D eigenvalue weighted by molar-refractivity contribution is 6.63. The summed E-state index contributed by atoms with van der Waals surface area (Å²) >= 11 is 5.02. The van der Waals surface area contributed by atoms with E-state index in [2.05, 4.69) is 20.8 Å². The van der Waals surface area contributed by atoms with Crippen LogP contribution in [-0.4, -0.2) is 50.9 Å². The molecule has 8 heteroatoms. The van der Waals surface area contributed by atoms with E-state index in [-0.39, 0.29) is 41.9 Å². The van der Waals surface area contributed by atoms with Gasteiger partial charge in [-0.3, -0.25) is 9.59 Å². The van der Waals surface area contributed by atoms with Crippen LogP contribution in [0.5, 0.6) is 0 Å². The van der Waals surface area contributed by atoms with Gasteiger partial charge < -0.3 is 32.5 Å². The van der Waals surface area contributed by atoms with Gasteiger partial charge in [0.15, 0.2) is 0 Å². The molecule has 0 saturated heterocycles. The number of carbonyl (C=O) groups is 2. The molecule has 0 rings (SSSR count). The summed E-state index contributed by atoms with van der Waals surface area (Å²) < 4.78 is 5.37. The van der Waals surface area contributed by atoms with Crippen molar-refractivity contribution in [3.8, 4) is 0 Å². The van der Waals surface area contributed by atoms with E-state index >= 15 is 0 Å². The summed E-state index contributed by atoms with van der Waals surface area (Å²) in [5.74, 6) is -0.122. The summed E-state index contributed by atoms with van der Waals surface area (Å²) in [6.45, 7) is 11.7. The monoisotopic (exact) mass is 531 g/mol. The minimum Gasteiger partial charge on any atom is -1.00 e. The van der Waals surface area contributed by atoms with Gasteiger partial charge in [-0.25, -0.2) is 0 Å². The van der Waals surface area contributed by atoms with Gasteiger partial charge in [0.1, 0.15) is 6.10 Å². The van der Waals surface area contributed by atoms with Gasteiger partial charge in [-0.2, -0.15) is 0 Å². The summed E-state index contributed by atoms with van der Waals surface area (Å²) in [5, 5.41) is 27.2. The fourth-order valence-electron chi connectivity index (χ4n) is 2.87. The van der Waals surface area contributed by atoms with Crippen molar-refractivity contribution in [3.05, 3.63) is 0 Å². The van der Waals surface area contributed by atoms with Gasteiger partial charge >= 0.3 is 5.97 Å². The van der Waals surface area contributed by atoms with Crippen LogP contribution in [0.4, 0.5) is 0 Å². The number of esters is 1. The first-order valence-electron chi connectivity index (χ1n) is 13.0. The molecule has 0 aromatic carbocycles. The molecule has 6 nitrogen and oxygen atoms in total. The van der Waals surface area contributed by atoms with Gasteiger partial charge in [0.05, 0.1) is 18.3 Å². The smallest absolute Gasteiger partial charge is 0.306 e. The van der Waals surface area contributed by atoms with Crippen LogP contribution in [0, 0.1) is 0 Å². The third kappa shape index (κ3) is 38.8. The van der Waals surface area contributed by atoms with Crippen molar-refractivity contribution < 1.29 is 42.1 Å². The molecule has 3 N–H and O–H groups in total. The number of halogens is 2. The summed E-state index contributed by atoms with van der Waals surface area (Å²) in [7, 11) is 0. The number of unbranched alkanes of at least 4 members (excludes halogenated alkanes) is 4.